The number of carbonyl (C=O) groups excluding carboxylic acids is 1. The lowest BCUT2D eigenvalue weighted by Crippen LogP contribution is -2.63. The van der Waals surface area contributed by atoms with Crippen molar-refractivity contribution in [3.8, 4) is 0 Å². The van der Waals surface area contributed by atoms with Gasteiger partial charge < -0.3 is 21.7 Å². The number of hydrogen-bond donors (Lipinski definition) is 4. The average Bonchev–Trinajstić information content (AvgIpc) is 2.13. The van der Waals surface area contributed by atoms with E-state index in [0.29, 0.717) is 0 Å². The van der Waals surface area contributed by atoms with E-state index >= 15 is 0 Å². The van der Waals surface area contributed by atoms with Gasteiger partial charge in [-0.15, -0.1) is 0 Å². The van der Waals surface area contributed by atoms with Crippen LogP contribution in [0.4, 0.5) is 0 Å². The minimum absolute atomic E-state index is 0.641. The van der Waals surface area contributed by atoms with Gasteiger partial charge >= 0.3 is 11.9 Å². The number of carboxylic acids is 2. The van der Waals surface area contributed by atoms with E-state index in [1.807, 2.05) is 0 Å². The predicted octanol–water partition coefficient (Wildman–Crippen LogP) is -1.20. The van der Waals surface area contributed by atoms with Gasteiger partial charge in [-0.3, -0.25) is 9.59 Å². The van der Waals surface area contributed by atoms with E-state index in [-0.39, 0.29) is 0 Å². The highest BCUT2D eigenvalue weighted by molar-refractivity contribution is 6.10. The van der Waals surface area contributed by atoms with Crippen LogP contribution >= 0.6 is 0 Å². The van der Waals surface area contributed by atoms with Gasteiger partial charge in [0.1, 0.15) is 0 Å². The summed E-state index contributed by atoms with van der Waals surface area (Å²) in [5.41, 5.74) is 8.64. The van der Waals surface area contributed by atoms with E-state index in [9.17, 15) is 14.4 Å². The zero-order valence-electron chi connectivity index (χ0n) is 9.14. The second-order valence-corrected chi connectivity index (χ2v) is 3.90. The van der Waals surface area contributed by atoms with Crippen LogP contribution in [0.1, 0.15) is 20.3 Å². The standard InChI is InChI=1S/C9H16N2O5/c1-4(2)9(11,8(15)16)7(14)5(10)3-6(12)13/h4-5H,3,10-11H2,1-2H3,(H,12,13)(H,15,16)/t5-,9+/m0/s1. The number of ketones is 1. The summed E-state index contributed by atoms with van der Waals surface area (Å²) in [6.45, 7) is 2.92. The molecule has 0 aliphatic heterocycles. The van der Waals surface area contributed by atoms with Crippen LogP contribution in [0.2, 0.25) is 0 Å². The molecule has 0 saturated heterocycles. The largest absolute Gasteiger partial charge is 0.481 e. The number of aliphatic carboxylic acids is 2. The summed E-state index contributed by atoms with van der Waals surface area (Å²) in [6, 6.07) is -1.42. The Labute approximate surface area is 92.4 Å². The average molecular weight is 232 g/mol. The van der Waals surface area contributed by atoms with Gasteiger partial charge in [0.05, 0.1) is 12.5 Å². The van der Waals surface area contributed by atoms with Gasteiger partial charge in [-0.25, -0.2) is 4.79 Å². The number of carboxylic acid groups (broad SMARTS) is 2. The van der Waals surface area contributed by atoms with Crippen LogP contribution in [0.5, 0.6) is 0 Å². The molecule has 0 heterocycles. The number of hydrogen-bond acceptors (Lipinski definition) is 5. The monoisotopic (exact) mass is 232 g/mol. The summed E-state index contributed by atoms with van der Waals surface area (Å²) in [5, 5.41) is 17.4. The van der Waals surface area contributed by atoms with E-state index in [2.05, 4.69) is 0 Å². The van der Waals surface area contributed by atoms with Crippen molar-refractivity contribution in [1.82, 2.24) is 0 Å². The second kappa shape index (κ2) is 5.04. The Kier molecular flexibility index (Phi) is 4.58. The molecule has 2 atom stereocenters. The zero-order chi connectivity index (χ0) is 13.1. The maximum Gasteiger partial charge on any atom is 0.331 e. The third-order valence-electron chi connectivity index (χ3n) is 2.40. The molecular formula is C9H16N2O5. The van der Waals surface area contributed by atoms with Crippen LogP contribution in [0.3, 0.4) is 0 Å². The van der Waals surface area contributed by atoms with Crippen molar-refractivity contribution in [2.75, 3.05) is 0 Å². The molecule has 0 unspecified atom stereocenters. The molecule has 0 aromatic rings. The smallest absolute Gasteiger partial charge is 0.331 e. The van der Waals surface area contributed by atoms with Gasteiger partial charge in [0.15, 0.2) is 11.3 Å². The van der Waals surface area contributed by atoms with Crippen LogP contribution in [0.15, 0.2) is 0 Å². The maximum atomic E-state index is 11.7. The number of carbonyl (C=O) groups is 3. The van der Waals surface area contributed by atoms with Crippen molar-refractivity contribution in [2.24, 2.45) is 17.4 Å². The minimum atomic E-state index is -2.14. The molecule has 0 radical (unpaired) electrons. The highest BCUT2D eigenvalue weighted by Gasteiger charge is 2.47. The van der Waals surface area contributed by atoms with E-state index in [1.165, 1.54) is 13.8 Å². The lowest BCUT2D eigenvalue weighted by Gasteiger charge is -2.29. The number of Topliss-reactive ketones (excluding diaryl/α,β-unsaturated/α-hetero) is 1. The van der Waals surface area contributed by atoms with Crippen molar-refractivity contribution < 1.29 is 24.6 Å². The third kappa shape index (κ3) is 2.77. The molecule has 0 aliphatic rings. The molecule has 6 N–H and O–H groups in total. The molecule has 0 amide bonds. The Morgan fingerprint density at radius 2 is 1.69 bits per heavy atom. The summed E-state index contributed by atoms with van der Waals surface area (Å²) in [6.07, 6.45) is -0.641. The molecule has 0 rings (SSSR count). The van der Waals surface area contributed by atoms with Crippen LogP contribution in [-0.4, -0.2) is 39.5 Å². The summed E-state index contributed by atoms with van der Waals surface area (Å²) in [5.74, 6) is -4.44. The van der Waals surface area contributed by atoms with Gasteiger partial charge in [0.2, 0.25) is 0 Å². The lowest BCUT2D eigenvalue weighted by atomic mass is 9.80. The minimum Gasteiger partial charge on any atom is -0.481 e. The highest BCUT2D eigenvalue weighted by Crippen LogP contribution is 2.18. The number of rotatable bonds is 6. The SMILES string of the molecule is CC(C)[C@](N)(C(=O)O)C(=O)[C@@H](N)CC(=O)O. The fourth-order valence-electron chi connectivity index (χ4n) is 1.22. The molecule has 0 aliphatic carbocycles. The highest BCUT2D eigenvalue weighted by atomic mass is 16.4. The molecule has 16 heavy (non-hydrogen) atoms. The van der Waals surface area contributed by atoms with Crippen molar-refractivity contribution in [1.29, 1.82) is 0 Å². The summed E-state index contributed by atoms with van der Waals surface area (Å²) in [4.78, 5) is 33.0. The van der Waals surface area contributed by atoms with Crippen molar-refractivity contribution in [3.63, 3.8) is 0 Å². The second-order valence-electron chi connectivity index (χ2n) is 3.90. The van der Waals surface area contributed by atoms with Gasteiger partial charge in [-0.05, 0) is 5.92 Å². The van der Waals surface area contributed by atoms with Gasteiger partial charge in [-0.2, -0.15) is 0 Å². The van der Waals surface area contributed by atoms with Gasteiger partial charge in [0.25, 0.3) is 0 Å². The molecule has 0 saturated carbocycles. The van der Waals surface area contributed by atoms with Gasteiger partial charge in [-0.1, -0.05) is 13.8 Å². The molecule has 0 bridgehead atoms. The van der Waals surface area contributed by atoms with E-state index in [1.54, 1.807) is 0 Å². The Balaban J connectivity index is 5.04. The van der Waals surface area contributed by atoms with E-state index in [0.717, 1.165) is 0 Å². The molecular weight excluding hydrogens is 216 g/mol. The van der Waals surface area contributed by atoms with Crippen LogP contribution in [-0.2, 0) is 14.4 Å². The van der Waals surface area contributed by atoms with Crippen molar-refractivity contribution in [2.45, 2.75) is 31.8 Å². The topological polar surface area (TPSA) is 144 Å². The molecule has 0 fully saturated rings. The maximum absolute atomic E-state index is 11.7. The first-order chi connectivity index (χ1) is 7.13. The fraction of sp³-hybridized carbons (Fsp3) is 0.667. The summed E-state index contributed by atoms with van der Waals surface area (Å²) >= 11 is 0. The van der Waals surface area contributed by atoms with Gasteiger partial charge in [0, 0.05) is 0 Å². The summed E-state index contributed by atoms with van der Waals surface area (Å²) < 4.78 is 0. The molecule has 7 heteroatoms. The molecule has 0 spiro atoms. The van der Waals surface area contributed by atoms with Crippen LogP contribution in [0.25, 0.3) is 0 Å². The molecule has 92 valence electrons. The van der Waals surface area contributed by atoms with E-state index in [4.69, 9.17) is 21.7 Å². The summed E-state index contributed by atoms with van der Waals surface area (Å²) in [7, 11) is 0. The molecule has 0 aromatic carbocycles. The van der Waals surface area contributed by atoms with Crippen LogP contribution < -0.4 is 11.5 Å². The first kappa shape index (κ1) is 14.5. The first-order valence-electron chi connectivity index (χ1n) is 4.68. The molecule has 7 nitrogen and oxygen atoms in total. The van der Waals surface area contributed by atoms with Crippen LogP contribution in [0, 0.1) is 5.92 Å². The first-order valence-corrected chi connectivity index (χ1v) is 4.68. The zero-order valence-corrected chi connectivity index (χ0v) is 9.14. The quantitative estimate of drug-likeness (QED) is 0.421. The predicted molar refractivity (Wildman–Crippen MR) is 54.6 cm³/mol. The van der Waals surface area contributed by atoms with Crippen molar-refractivity contribution in [3.05, 3.63) is 0 Å². The Morgan fingerprint density at radius 1 is 1.25 bits per heavy atom. The molecule has 0 aromatic heterocycles. The third-order valence-corrected chi connectivity index (χ3v) is 2.40. The Morgan fingerprint density at radius 3 is 1.94 bits per heavy atom. The van der Waals surface area contributed by atoms with Crippen molar-refractivity contribution >= 4 is 17.7 Å². The fourth-order valence-corrected chi connectivity index (χ4v) is 1.22. The number of nitrogens with two attached hydrogens (primary N) is 2. The van der Waals surface area contributed by atoms with E-state index < -0.39 is 41.6 Å². The lowest BCUT2D eigenvalue weighted by molar-refractivity contribution is -0.152. The normalized spacial score (nSPS) is 16.6. The Bertz CT molecular complexity index is 315. The Hall–Kier alpha value is -1.47.